The average Bonchev–Trinajstić information content (AvgIpc) is 2.31. The second-order valence-electron chi connectivity index (χ2n) is 3.55. The molecule has 0 aliphatic heterocycles. The molecule has 0 saturated heterocycles. The van der Waals surface area contributed by atoms with Crippen LogP contribution >= 0.6 is 34.8 Å². The van der Waals surface area contributed by atoms with E-state index in [4.69, 9.17) is 34.8 Å². The van der Waals surface area contributed by atoms with Crippen molar-refractivity contribution in [3.8, 4) is 0 Å². The van der Waals surface area contributed by atoms with Gasteiger partial charge in [-0.25, -0.2) is 4.90 Å². The monoisotopic (exact) mass is 307 g/mol. The summed E-state index contributed by atoms with van der Waals surface area (Å²) in [7, 11) is 0. The highest BCUT2D eigenvalue weighted by molar-refractivity contribution is 6.43. The van der Waals surface area contributed by atoms with Crippen LogP contribution in [0.4, 0.5) is 5.69 Å². The summed E-state index contributed by atoms with van der Waals surface area (Å²) in [4.78, 5) is 24.7. The molecular formula is C12H12Cl3NO2. The lowest BCUT2D eigenvalue weighted by Gasteiger charge is -2.22. The normalized spacial score (nSPS) is 10.3. The number of halogens is 3. The molecule has 0 fully saturated rings. The van der Waals surface area contributed by atoms with Crippen LogP contribution in [0.3, 0.4) is 0 Å². The van der Waals surface area contributed by atoms with Crippen molar-refractivity contribution in [1.82, 2.24) is 0 Å². The number of carbonyl (C=O) groups excluding carboxylic acids is 2. The minimum atomic E-state index is -0.354. The lowest BCUT2D eigenvalue weighted by molar-refractivity contribution is -0.126. The Labute approximate surface area is 121 Å². The molecule has 0 aromatic heterocycles. The van der Waals surface area contributed by atoms with Crippen LogP contribution in [0.1, 0.15) is 26.7 Å². The van der Waals surface area contributed by atoms with Gasteiger partial charge in [0.2, 0.25) is 11.8 Å². The van der Waals surface area contributed by atoms with Crippen molar-refractivity contribution in [2.75, 3.05) is 4.90 Å². The van der Waals surface area contributed by atoms with Crippen LogP contribution in [0.15, 0.2) is 12.1 Å². The van der Waals surface area contributed by atoms with Gasteiger partial charge in [-0.3, -0.25) is 9.59 Å². The summed E-state index contributed by atoms with van der Waals surface area (Å²) in [6, 6.07) is 2.90. The van der Waals surface area contributed by atoms with Crippen molar-refractivity contribution >= 4 is 52.3 Å². The number of carbonyl (C=O) groups is 2. The Kier molecular flexibility index (Phi) is 5.45. The maximum Gasteiger partial charge on any atom is 0.233 e. The molecule has 1 rings (SSSR count). The van der Waals surface area contributed by atoms with Crippen molar-refractivity contribution in [3.05, 3.63) is 27.2 Å². The van der Waals surface area contributed by atoms with Gasteiger partial charge in [-0.05, 0) is 12.1 Å². The van der Waals surface area contributed by atoms with Crippen molar-refractivity contribution in [2.45, 2.75) is 26.7 Å². The number of hydrogen-bond acceptors (Lipinski definition) is 2. The molecule has 0 heterocycles. The Morgan fingerprint density at radius 2 is 1.39 bits per heavy atom. The second kappa shape index (κ2) is 6.41. The summed E-state index contributed by atoms with van der Waals surface area (Å²) >= 11 is 17.8. The highest BCUT2D eigenvalue weighted by atomic mass is 35.5. The quantitative estimate of drug-likeness (QED) is 0.833. The third kappa shape index (κ3) is 3.16. The van der Waals surface area contributed by atoms with Gasteiger partial charge in [-0.2, -0.15) is 0 Å². The van der Waals surface area contributed by atoms with Crippen molar-refractivity contribution in [3.63, 3.8) is 0 Å². The molecule has 18 heavy (non-hydrogen) atoms. The summed E-state index contributed by atoms with van der Waals surface area (Å²) < 4.78 is 0. The first kappa shape index (κ1) is 15.3. The van der Waals surface area contributed by atoms with Gasteiger partial charge in [0.25, 0.3) is 0 Å². The Hall–Kier alpha value is -0.770. The Morgan fingerprint density at radius 1 is 1.00 bits per heavy atom. The van der Waals surface area contributed by atoms with E-state index in [-0.39, 0.29) is 40.4 Å². The molecule has 0 aliphatic carbocycles. The Bertz CT molecular complexity index is 449. The van der Waals surface area contributed by atoms with E-state index in [1.165, 1.54) is 12.1 Å². The molecular weight excluding hydrogens is 296 g/mol. The summed E-state index contributed by atoms with van der Waals surface area (Å²) in [5, 5.41) is 0.703. The van der Waals surface area contributed by atoms with Gasteiger partial charge in [-0.1, -0.05) is 48.7 Å². The topological polar surface area (TPSA) is 37.4 Å². The van der Waals surface area contributed by atoms with Gasteiger partial charge in [0.15, 0.2) is 0 Å². The summed E-state index contributed by atoms with van der Waals surface area (Å²) in [5.41, 5.74) is 0.196. The zero-order valence-electron chi connectivity index (χ0n) is 9.97. The number of imide groups is 1. The highest BCUT2D eigenvalue weighted by Crippen LogP contribution is 2.37. The summed E-state index contributed by atoms with van der Waals surface area (Å²) in [6.45, 7) is 3.33. The van der Waals surface area contributed by atoms with Crippen molar-refractivity contribution in [2.24, 2.45) is 0 Å². The first-order chi connectivity index (χ1) is 8.42. The van der Waals surface area contributed by atoms with Crippen LogP contribution in [-0.2, 0) is 9.59 Å². The predicted octanol–water partition coefficient (Wildman–Crippen LogP) is 4.33. The van der Waals surface area contributed by atoms with Crippen LogP contribution in [-0.4, -0.2) is 11.8 Å². The number of anilines is 1. The number of amides is 2. The van der Waals surface area contributed by atoms with Crippen LogP contribution in [0.25, 0.3) is 0 Å². The first-order valence-corrected chi connectivity index (χ1v) is 6.56. The zero-order chi connectivity index (χ0) is 13.9. The first-order valence-electron chi connectivity index (χ1n) is 5.42. The molecule has 3 nitrogen and oxygen atoms in total. The zero-order valence-corrected chi connectivity index (χ0v) is 12.2. The fourth-order valence-corrected chi connectivity index (χ4v) is 2.44. The maximum atomic E-state index is 11.9. The van der Waals surface area contributed by atoms with Gasteiger partial charge < -0.3 is 0 Å². The molecule has 0 radical (unpaired) electrons. The van der Waals surface area contributed by atoms with E-state index in [2.05, 4.69) is 0 Å². The molecule has 0 bridgehead atoms. The van der Waals surface area contributed by atoms with Gasteiger partial charge in [-0.15, -0.1) is 0 Å². The number of rotatable bonds is 3. The lowest BCUT2D eigenvalue weighted by Crippen LogP contribution is -2.36. The molecule has 0 spiro atoms. The molecule has 1 aromatic rings. The molecule has 98 valence electrons. The number of hydrogen-bond donors (Lipinski definition) is 0. The fraction of sp³-hybridized carbons (Fsp3) is 0.333. The van der Waals surface area contributed by atoms with Gasteiger partial charge in [0.05, 0.1) is 15.7 Å². The second-order valence-corrected chi connectivity index (χ2v) is 4.80. The highest BCUT2D eigenvalue weighted by Gasteiger charge is 2.25. The molecule has 0 N–H and O–H groups in total. The van der Waals surface area contributed by atoms with Gasteiger partial charge in [0.1, 0.15) is 0 Å². The molecule has 1 aromatic carbocycles. The van der Waals surface area contributed by atoms with Crippen LogP contribution < -0.4 is 4.90 Å². The smallest absolute Gasteiger partial charge is 0.233 e. The van der Waals surface area contributed by atoms with Crippen LogP contribution in [0.2, 0.25) is 15.1 Å². The molecule has 0 aliphatic rings. The van der Waals surface area contributed by atoms with E-state index in [9.17, 15) is 9.59 Å². The van der Waals surface area contributed by atoms with E-state index in [1.54, 1.807) is 13.8 Å². The van der Waals surface area contributed by atoms with E-state index < -0.39 is 0 Å². The molecule has 0 saturated carbocycles. The number of nitrogens with zero attached hydrogens (tertiary/aromatic N) is 1. The molecule has 0 atom stereocenters. The average molecular weight is 309 g/mol. The number of benzene rings is 1. The third-order valence-corrected chi connectivity index (χ3v) is 3.10. The van der Waals surface area contributed by atoms with Crippen LogP contribution in [0.5, 0.6) is 0 Å². The fourth-order valence-electron chi connectivity index (χ4n) is 1.45. The van der Waals surface area contributed by atoms with Crippen molar-refractivity contribution < 1.29 is 9.59 Å². The van der Waals surface area contributed by atoms with E-state index >= 15 is 0 Å². The molecule has 2 amide bonds. The molecule has 0 unspecified atom stereocenters. The third-order valence-electron chi connectivity index (χ3n) is 2.31. The van der Waals surface area contributed by atoms with E-state index in [0.717, 1.165) is 4.90 Å². The predicted molar refractivity (Wildman–Crippen MR) is 74.5 cm³/mol. The SMILES string of the molecule is CCC(=O)N(C(=O)CC)c1c(Cl)cc(Cl)cc1Cl. The summed E-state index contributed by atoms with van der Waals surface area (Å²) in [6.07, 6.45) is 0.363. The van der Waals surface area contributed by atoms with Gasteiger partial charge in [0, 0.05) is 17.9 Å². The minimum absolute atomic E-state index is 0.177. The van der Waals surface area contributed by atoms with E-state index in [1.807, 2.05) is 0 Å². The van der Waals surface area contributed by atoms with Crippen molar-refractivity contribution in [1.29, 1.82) is 0 Å². The summed E-state index contributed by atoms with van der Waals surface area (Å²) in [5.74, 6) is -0.707. The Morgan fingerprint density at radius 3 is 1.72 bits per heavy atom. The Balaban J connectivity index is 3.38. The van der Waals surface area contributed by atoms with E-state index in [0.29, 0.717) is 5.02 Å². The van der Waals surface area contributed by atoms with Gasteiger partial charge >= 0.3 is 0 Å². The molecule has 6 heteroatoms. The van der Waals surface area contributed by atoms with Crippen LogP contribution in [0, 0.1) is 0 Å². The largest absolute Gasteiger partial charge is 0.274 e. The maximum absolute atomic E-state index is 11.9. The minimum Gasteiger partial charge on any atom is -0.274 e. The lowest BCUT2D eigenvalue weighted by atomic mass is 10.2. The standard InChI is InChI=1S/C12H12Cl3NO2/c1-3-10(17)16(11(18)4-2)12-8(14)5-7(13)6-9(12)15/h5-6H,3-4H2,1-2H3.